The molecule has 0 amide bonds. The fourth-order valence-corrected chi connectivity index (χ4v) is 2.60. The van der Waals surface area contributed by atoms with E-state index < -0.39 is 0 Å². The van der Waals surface area contributed by atoms with Crippen molar-refractivity contribution in [3.63, 3.8) is 0 Å². The molecule has 5 heteroatoms. The van der Waals surface area contributed by atoms with Crippen LogP contribution in [0.1, 0.15) is 37.6 Å². The highest BCUT2D eigenvalue weighted by Crippen LogP contribution is 2.25. The first kappa shape index (κ1) is 17.9. The molecule has 0 saturated carbocycles. The maximum Gasteiger partial charge on any atom is 0.225 e. The van der Waals surface area contributed by atoms with Crippen molar-refractivity contribution in [1.29, 1.82) is 0 Å². The van der Waals surface area contributed by atoms with Crippen LogP contribution in [-0.4, -0.2) is 15.0 Å². The van der Waals surface area contributed by atoms with Gasteiger partial charge in [-0.15, -0.1) is 0 Å². The van der Waals surface area contributed by atoms with E-state index in [-0.39, 0.29) is 5.41 Å². The second kappa shape index (κ2) is 7.52. The summed E-state index contributed by atoms with van der Waals surface area (Å²) in [6, 6.07) is 14.3. The van der Waals surface area contributed by atoms with E-state index in [1.165, 1.54) is 5.56 Å². The molecule has 3 aromatic rings. The van der Waals surface area contributed by atoms with Crippen LogP contribution in [0.5, 0.6) is 0 Å². The normalized spacial score (nSPS) is 11.2. The Morgan fingerprint density at radius 1 is 1.00 bits per heavy atom. The lowest BCUT2D eigenvalue weighted by Gasteiger charge is -2.19. The van der Waals surface area contributed by atoms with Crippen molar-refractivity contribution in [1.82, 2.24) is 15.0 Å². The molecular formula is C21H25N5. The molecule has 0 aliphatic carbocycles. The minimum Gasteiger partial charge on any atom is -0.350 e. The van der Waals surface area contributed by atoms with Crippen molar-refractivity contribution in [3.8, 4) is 0 Å². The lowest BCUT2D eigenvalue weighted by atomic mass is 9.87. The van der Waals surface area contributed by atoms with Crippen LogP contribution >= 0.6 is 0 Å². The Morgan fingerprint density at radius 3 is 2.42 bits per heavy atom. The van der Waals surface area contributed by atoms with Gasteiger partial charge < -0.3 is 10.6 Å². The maximum absolute atomic E-state index is 4.56. The number of pyridine rings is 1. The third-order valence-electron chi connectivity index (χ3n) is 4.05. The fourth-order valence-electron chi connectivity index (χ4n) is 2.60. The summed E-state index contributed by atoms with van der Waals surface area (Å²) in [5.41, 5.74) is 4.45. The molecule has 0 atom stereocenters. The minimum atomic E-state index is 0.146. The number of hydrogen-bond acceptors (Lipinski definition) is 5. The van der Waals surface area contributed by atoms with E-state index >= 15 is 0 Å². The number of hydrogen-bond donors (Lipinski definition) is 2. The van der Waals surface area contributed by atoms with Gasteiger partial charge in [-0.25, -0.2) is 4.98 Å². The molecule has 0 radical (unpaired) electrons. The van der Waals surface area contributed by atoms with Crippen LogP contribution in [0.25, 0.3) is 0 Å². The number of benzene rings is 1. The molecule has 2 heterocycles. The Balaban J connectivity index is 1.71. The van der Waals surface area contributed by atoms with Gasteiger partial charge in [0.05, 0.1) is 0 Å². The van der Waals surface area contributed by atoms with Gasteiger partial charge in [-0.2, -0.15) is 4.98 Å². The molecule has 2 N–H and O–H groups in total. The first-order valence-electron chi connectivity index (χ1n) is 8.76. The average Bonchev–Trinajstić information content (AvgIpc) is 2.60. The van der Waals surface area contributed by atoms with E-state index in [2.05, 4.69) is 70.6 Å². The predicted octanol–water partition coefficient (Wildman–Crippen LogP) is 4.83. The van der Waals surface area contributed by atoms with Gasteiger partial charge in [0, 0.05) is 36.4 Å². The number of rotatable bonds is 5. The highest BCUT2D eigenvalue weighted by molar-refractivity contribution is 5.58. The van der Waals surface area contributed by atoms with Gasteiger partial charge in [0.25, 0.3) is 0 Å². The summed E-state index contributed by atoms with van der Waals surface area (Å²) in [5.74, 6) is 1.37. The highest BCUT2D eigenvalue weighted by Gasteiger charge is 2.13. The Labute approximate surface area is 154 Å². The third-order valence-corrected chi connectivity index (χ3v) is 4.05. The molecular weight excluding hydrogens is 322 g/mol. The second-order valence-electron chi connectivity index (χ2n) is 7.39. The second-order valence-corrected chi connectivity index (χ2v) is 7.39. The Hall–Kier alpha value is -2.95. The highest BCUT2D eigenvalue weighted by atomic mass is 15.1. The first-order chi connectivity index (χ1) is 12.4. The number of nitrogens with one attached hydrogen (secondary N) is 2. The van der Waals surface area contributed by atoms with E-state index in [1.54, 1.807) is 6.20 Å². The molecule has 26 heavy (non-hydrogen) atoms. The Bertz CT molecular complexity index is 852. The van der Waals surface area contributed by atoms with Crippen molar-refractivity contribution in [2.24, 2.45) is 0 Å². The molecule has 0 bridgehead atoms. The first-order valence-corrected chi connectivity index (χ1v) is 8.76. The molecule has 0 aliphatic heterocycles. The zero-order valence-corrected chi connectivity index (χ0v) is 15.7. The third kappa shape index (κ3) is 4.79. The van der Waals surface area contributed by atoms with E-state index in [4.69, 9.17) is 0 Å². The zero-order chi connectivity index (χ0) is 18.6. The number of anilines is 3. The summed E-state index contributed by atoms with van der Waals surface area (Å²) in [4.78, 5) is 13.1. The van der Waals surface area contributed by atoms with Gasteiger partial charge in [-0.05, 0) is 41.7 Å². The van der Waals surface area contributed by atoms with Crippen molar-refractivity contribution >= 4 is 17.5 Å². The lowest BCUT2D eigenvalue weighted by Crippen LogP contribution is -2.10. The summed E-state index contributed by atoms with van der Waals surface area (Å²) in [7, 11) is 0. The van der Waals surface area contributed by atoms with Gasteiger partial charge in [-0.1, -0.05) is 39.0 Å². The zero-order valence-electron chi connectivity index (χ0n) is 15.7. The van der Waals surface area contributed by atoms with Crippen LogP contribution < -0.4 is 10.6 Å². The molecule has 0 saturated heterocycles. The topological polar surface area (TPSA) is 62.7 Å². The fraction of sp³-hybridized carbons (Fsp3) is 0.286. The van der Waals surface area contributed by atoms with Crippen LogP contribution in [-0.2, 0) is 12.0 Å². The molecule has 134 valence electrons. The molecule has 0 unspecified atom stereocenters. The molecule has 0 aliphatic rings. The Kier molecular flexibility index (Phi) is 5.16. The number of nitrogens with zero attached hydrogens (tertiary/aromatic N) is 3. The summed E-state index contributed by atoms with van der Waals surface area (Å²) in [6.45, 7) is 9.23. The van der Waals surface area contributed by atoms with E-state index in [0.29, 0.717) is 12.5 Å². The minimum absolute atomic E-state index is 0.146. The van der Waals surface area contributed by atoms with E-state index in [9.17, 15) is 0 Å². The van der Waals surface area contributed by atoms with Crippen molar-refractivity contribution in [3.05, 3.63) is 71.7 Å². The van der Waals surface area contributed by atoms with E-state index in [1.807, 2.05) is 31.3 Å². The summed E-state index contributed by atoms with van der Waals surface area (Å²) in [6.07, 6.45) is 3.60. The van der Waals surface area contributed by atoms with E-state index in [0.717, 1.165) is 22.8 Å². The van der Waals surface area contributed by atoms with Gasteiger partial charge in [0.1, 0.15) is 5.82 Å². The average molecular weight is 347 g/mol. The van der Waals surface area contributed by atoms with Crippen molar-refractivity contribution < 1.29 is 0 Å². The molecule has 0 spiro atoms. The Morgan fingerprint density at radius 2 is 1.77 bits per heavy atom. The monoisotopic (exact) mass is 347 g/mol. The maximum atomic E-state index is 4.56. The van der Waals surface area contributed by atoms with Gasteiger partial charge >= 0.3 is 0 Å². The van der Waals surface area contributed by atoms with Crippen LogP contribution in [0.2, 0.25) is 0 Å². The predicted molar refractivity (Wildman–Crippen MR) is 107 cm³/mol. The molecule has 0 fully saturated rings. The van der Waals surface area contributed by atoms with Gasteiger partial charge in [-0.3, -0.25) is 4.98 Å². The standard InChI is InChI=1S/C21H25N5/c1-15-12-19(25-18-9-7-17(8-10-18)21(2,3)4)26-20(24-15)23-14-16-6-5-11-22-13-16/h5-13H,14H2,1-4H3,(H2,23,24,25,26). The molecule has 1 aromatic carbocycles. The van der Waals surface area contributed by atoms with Crippen LogP contribution in [0.3, 0.4) is 0 Å². The van der Waals surface area contributed by atoms with Crippen LogP contribution in [0.4, 0.5) is 17.5 Å². The number of aryl methyl sites for hydroxylation is 1. The smallest absolute Gasteiger partial charge is 0.225 e. The molecule has 2 aromatic heterocycles. The van der Waals surface area contributed by atoms with Crippen LogP contribution in [0.15, 0.2) is 54.9 Å². The van der Waals surface area contributed by atoms with Gasteiger partial charge in [0.15, 0.2) is 0 Å². The van der Waals surface area contributed by atoms with Crippen molar-refractivity contribution in [2.45, 2.75) is 39.7 Å². The lowest BCUT2D eigenvalue weighted by molar-refractivity contribution is 0.590. The molecule has 5 nitrogen and oxygen atoms in total. The summed E-state index contributed by atoms with van der Waals surface area (Å²) < 4.78 is 0. The van der Waals surface area contributed by atoms with Crippen LogP contribution in [0, 0.1) is 6.92 Å². The number of aromatic nitrogens is 3. The summed E-state index contributed by atoms with van der Waals surface area (Å²) >= 11 is 0. The SMILES string of the molecule is Cc1cc(Nc2ccc(C(C)(C)C)cc2)nc(NCc2cccnc2)n1. The summed E-state index contributed by atoms with van der Waals surface area (Å²) in [5, 5.41) is 6.61. The largest absolute Gasteiger partial charge is 0.350 e. The quantitative estimate of drug-likeness (QED) is 0.692. The molecule has 3 rings (SSSR count). The van der Waals surface area contributed by atoms with Crippen molar-refractivity contribution in [2.75, 3.05) is 10.6 Å². The van der Waals surface area contributed by atoms with Gasteiger partial charge in [0.2, 0.25) is 5.95 Å².